The zero-order chi connectivity index (χ0) is 33.5. The van der Waals surface area contributed by atoms with Crippen LogP contribution in [0.25, 0.3) is 87.3 Å². The van der Waals surface area contributed by atoms with Gasteiger partial charge in [-0.2, -0.15) is 0 Å². The standard InChI is InChI=1S/C48H29NO2/c1-2-11-33(12-3-1)49(42-18-10-17-39-36-13-6-8-19-43(36)50-47(39)42)34-25-21-30(22-26-34)31-23-27-35-32(29-31)24-28-41-45(35)37-14-4-5-15-38(37)46-40-16-7-9-20-44(40)51-48(41)46/h1-29H. The Kier molecular flexibility index (Phi) is 5.96. The Hall–Kier alpha value is -6.84. The van der Waals surface area contributed by atoms with Gasteiger partial charge in [0.1, 0.15) is 16.7 Å². The van der Waals surface area contributed by atoms with Gasteiger partial charge in [-0.3, -0.25) is 0 Å². The zero-order valence-electron chi connectivity index (χ0n) is 27.5. The van der Waals surface area contributed by atoms with Gasteiger partial charge in [-0.15, -0.1) is 0 Å². The molecule has 0 aliphatic rings. The van der Waals surface area contributed by atoms with Gasteiger partial charge in [0, 0.05) is 43.7 Å². The van der Waals surface area contributed by atoms with Crippen LogP contribution in [0.5, 0.6) is 0 Å². The van der Waals surface area contributed by atoms with Crippen LogP contribution in [0.3, 0.4) is 0 Å². The highest BCUT2D eigenvalue weighted by atomic mass is 16.3. The minimum atomic E-state index is 0.876. The summed E-state index contributed by atoms with van der Waals surface area (Å²) >= 11 is 0. The lowest BCUT2D eigenvalue weighted by molar-refractivity contribution is 0.669. The van der Waals surface area contributed by atoms with Crippen molar-refractivity contribution in [3.05, 3.63) is 176 Å². The molecule has 0 unspecified atom stereocenters. The molecular formula is C48H29NO2. The highest BCUT2D eigenvalue weighted by Gasteiger charge is 2.20. The lowest BCUT2D eigenvalue weighted by atomic mass is 9.92. The Morgan fingerprint density at radius 3 is 1.73 bits per heavy atom. The van der Waals surface area contributed by atoms with Gasteiger partial charge in [-0.25, -0.2) is 0 Å². The molecule has 0 amide bonds. The molecule has 3 nitrogen and oxygen atoms in total. The highest BCUT2D eigenvalue weighted by Crippen LogP contribution is 2.45. The van der Waals surface area contributed by atoms with Crippen LogP contribution in [0.4, 0.5) is 17.1 Å². The third-order valence-corrected chi connectivity index (χ3v) is 10.4. The molecule has 0 spiro atoms. The van der Waals surface area contributed by atoms with E-state index in [2.05, 4.69) is 163 Å². The van der Waals surface area contributed by atoms with Gasteiger partial charge in [-0.05, 0) is 87.3 Å². The van der Waals surface area contributed by atoms with E-state index in [1.165, 1.54) is 37.9 Å². The Morgan fingerprint density at radius 1 is 0.333 bits per heavy atom. The molecule has 0 radical (unpaired) electrons. The monoisotopic (exact) mass is 651 g/mol. The van der Waals surface area contributed by atoms with E-state index in [1.54, 1.807) is 0 Å². The van der Waals surface area contributed by atoms with Crippen LogP contribution in [-0.4, -0.2) is 0 Å². The summed E-state index contributed by atoms with van der Waals surface area (Å²) in [7, 11) is 0. The van der Waals surface area contributed by atoms with Crippen molar-refractivity contribution >= 4 is 93.3 Å². The first-order chi connectivity index (χ1) is 25.3. The van der Waals surface area contributed by atoms with Crippen molar-refractivity contribution in [1.29, 1.82) is 0 Å². The van der Waals surface area contributed by atoms with Crippen molar-refractivity contribution in [1.82, 2.24) is 0 Å². The molecule has 9 aromatic carbocycles. The first kappa shape index (κ1) is 28.0. The molecule has 0 fully saturated rings. The summed E-state index contributed by atoms with van der Waals surface area (Å²) in [6, 6.07) is 62.4. The predicted molar refractivity (Wildman–Crippen MR) is 214 cm³/mol. The average molecular weight is 652 g/mol. The third-order valence-electron chi connectivity index (χ3n) is 10.4. The molecule has 3 heteroatoms. The van der Waals surface area contributed by atoms with Crippen molar-refractivity contribution in [2.45, 2.75) is 0 Å². The maximum Gasteiger partial charge on any atom is 0.159 e. The molecule has 11 rings (SSSR count). The minimum Gasteiger partial charge on any atom is -0.455 e. The van der Waals surface area contributed by atoms with E-state index < -0.39 is 0 Å². The number of nitrogens with zero attached hydrogens (tertiary/aromatic N) is 1. The van der Waals surface area contributed by atoms with E-state index in [1.807, 2.05) is 18.2 Å². The Balaban J connectivity index is 1.05. The molecule has 0 aliphatic heterocycles. The number of anilines is 3. The van der Waals surface area contributed by atoms with Crippen molar-refractivity contribution in [2.75, 3.05) is 4.90 Å². The Bertz CT molecular complexity index is 3130. The maximum absolute atomic E-state index is 6.54. The Morgan fingerprint density at radius 2 is 0.922 bits per heavy atom. The number of hydrogen-bond donors (Lipinski definition) is 0. The first-order valence-electron chi connectivity index (χ1n) is 17.3. The van der Waals surface area contributed by atoms with Crippen molar-refractivity contribution in [3.63, 3.8) is 0 Å². The minimum absolute atomic E-state index is 0.876. The average Bonchev–Trinajstić information content (AvgIpc) is 3.78. The molecule has 0 bridgehead atoms. The molecule has 0 saturated heterocycles. The molecule has 238 valence electrons. The smallest absolute Gasteiger partial charge is 0.159 e. The van der Waals surface area contributed by atoms with E-state index in [0.717, 1.165) is 66.5 Å². The van der Waals surface area contributed by atoms with Crippen LogP contribution in [0.2, 0.25) is 0 Å². The number of fused-ring (bicyclic) bond motifs is 13. The van der Waals surface area contributed by atoms with Gasteiger partial charge in [0.05, 0.1) is 5.69 Å². The fraction of sp³-hybridized carbons (Fsp3) is 0. The molecule has 2 heterocycles. The molecule has 0 atom stereocenters. The summed E-state index contributed by atoms with van der Waals surface area (Å²) in [4.78, 5) is 2.28. The van der Waals surface area contributed by atoms with Crippen LogP contribution in [0.15, 0.2) is 185 Å². The fourth-order valence-corrected chi connectivity index (χ4v) is 8.13. The zero-order valence-corrected chi connectivity index (χ0v) is 27.5. The summed E-state index contributed by atoms with van der Waals surface area (Å²) in [6.07, 6.45) is 0. The summed E-state index contributed by atoms with van der Waals surface area (Å²) in [5.74, 6) is 0. The summed E-state index contributed by atoms with van der Waals surface area (Å²) < 4.78 is 13.0. The number of furan rings is 2. The highest BCUT2D eigenvalue weighted by molar-refractivity contribution is 6.34. The number of rotatable bonds is 4. The second kappa shape index (κ2) is 10.8. The van der Waals surface area contributed by atoms with Crippen molar-refractivity contribution < 1.29 is 8.83 Å². The topological polar surface area (TPSA) is 29.5 Å². The SMILES string of the molecule is c1ccc(N(c2ccc(-c3ccc4c(ccc5c6oc7ccccc7c6c6ccccc6c45)c3)cc2)c2cccc3c2oc2ccccc23)cc1. The molecule has 0 aliphatic carbocycles. The van der Waals surface area contributed by atoms with E-state index in [9.17, 15) is 0 Å². The van der Waals surface area contributed by atoms with E-state index in [-0.39, 0.29) is 0 Å². The second-order valence-electron chi connectivity index (χ2n) is 13.2. The summed E-state index contributed by atoms with van der Waals surface area (Å²) in [5.41, 5.74) is 9.11. The molecule has 0 N–H and O–H groups in total. The fourth-order valence-electron chi connectivity index (χ4n) is 8.13. The van der Waals surface area contributed by atoms with Crippen LogP contribution in [0.1, 0.15) is 0 Å². The molecule has 51 heavy (non-hydrogen) atoms. The summed E-state index contributed by atoms with van der Waals surface area (Å²) in [5, 5.41) is 11.8. The molecule has 0 saturated carbocycles. The van der Waals surface area contributed by atoms with Crippen LogP contribution in [0, 0.1) is 0 Å². The summed E-state index contributed by atoms with van der Waals surface area (Å²) in [6.45, 7) is 0. The van der Waals surface area contributed by atoms with E-state index in [0.29, 0.717) is 0 Å². The van der Waals surface area contributed by atoms with Gasteiger partial charge in [0.25, 0.3) is 0 Å². The normalized spacial score (nSPS) is 11.9. The van der Waals surface area contributed by atoms with E-state index in [4.69, 9.17) is 8.83 Å². The molecular weight excluding hydrogens is 623 g/mol. The van der Waals surface area contributed by atoms with Crippen LogP contribution < -0.4 is 4.90 Å². The molecule has 2 aromatic heterocycles. The predicted octanol–water partition coefficient (Wildman–Crippen LogP) is 14.1. The van der Waals surface area contributed by atoms with Crippen molar-refractivity contribution in [2.24, 2.45) is 0 Å². The lowest BCUT2D eigenvalue weighted by Crippen LogP contribution is -2.10. The third kappa shape index (κ3) is 4.19. The maximum atomic E-state index is 6.54. The number of hydrogen-bond acceptors (Lipinski definition) is 3. The number of benzene rings is 9. The van der Waals surface area contributed by atoms with E-state index >= 15 is 0 Å². The number of para-hydroxylation sites is 4. The molecule has 11 aromatic rings. The van der Waals surface area contributed by atoms with Gasteiger partial charge in [0.15, 0.2) is 5.58 Å². The lowest BCUT2D eigenvalue weighted by Gasteiger charge is -2.25. The van der Waals surface area contributed by atoms with Gasteiger partial charge in [-0.1, -0.05) is 121 Å². The van der Waals surface area contributed by atoms with Gasteiger partial charge in [0.2, 0.25) is 0 Å². The quantitative estimate of drug-likeness (QED) is 0.177. The van der Waals surface area contributed by atoms with Crippen LogP contribution >= 0.6 is 0 Å². The Labute approximate surface area is 293 Å². The van der Waals surface area contributed by atoms with Gasteiger partial charge >= 0.3 is 0 Å². The largest absolute Gasteiger partial charge is 0.455 e. The van der Waals surface area contributed by atoms with Crippen molar-refractivity contribution in [3.8, 4) is 11.1 Å². The van der Waals surface area contributed by atoms with Crippen LogP contribution in [-0.2, 0) is 0 Å². The first-order valence-corrected chi connectivity index (χ1v) is 17.3. The second-order valence-corrected chi connectivity index (χ2v) is 13.2. The van der Waals surface area contributed by atoms with Gasteiger partial charge < -0.3 is 13.7 Å².